The number of aryl methyl sites for hydroxylation is 2. The number of nitrogens with one attached hydrogen (secondary N) is 1. The Bertz CT molecular complexity index is 1460. The van der Waals surface area contributed by atoms with Crippen molar-refractivity contribution in [2.75, 3.05) is 5.32 Å². The Balaban J connectivity index is 1.99. The van der Waals surface area contributed by atoms with Crippen LogP contribution in [0.1, 0.15) is 50.6 Å². The number of halogens is 3. The van der Waals surface area contributed by atoms with Crippen molar-refractivity contribution in [3.8, 4) is 11.1 Å². The first-order valence-electron chi connectivity index (χ1n) is 10.1. The van der Waals surface area contributed by atoms with Crippen molar-refractivity contribution >= 4 is 50.7 Å². The fourth-order valence-corrected chi connectivity index (χ4v) is 4.92. The molecule has 13 heteroatoms. The smallest absolute Gasteiger partial charge is 0.280 e. The summed E-state index contributed by atoms with van der Waals surface area (Å²) in [5.74, 6) is -1.52. The van der Waals surface area contributed by atoms with E-state index in [1.165, 1.54) is 10.7 Å². The molecule has 4 heterocycles. The minimum Gasteiger partial charge on any atom is -0.365 e. The number of anilines is 1. The molecular formula is C21H20ClF2N7O2S. The predicted molar refractivity (Wildman–Crippen MR) is 126 cm³/mol. The van der Waals surface area contributed by atoms with Gasteiger partial charge in [-0.25, -0.2) is 13.8 Å². The Kier molecular flexibility index (Phi) is 6.13. The second-order valence-corrected chi connectivity index (χ2v) is 8.91. The van der Waals surface area contributed by atoms with Gasteiger partial charge in [-0.3, -0.25) is 19.0 Å². The molecule has 0 saturated carbocycles. The molecule has 0 spiro atoms. The largest absolute Gasteiger partial charge is 0.365 e. The quantitative estimate of drug-likeness (QED) is 0.399. The topological polar surface area (TPSA) is 121 Å². The normalized spacial score (nSPS) is 11.5. The highest BCUT2D eigenvalue weighted by atomic mass is 35.5. The Labute approximate surface area is 201 Å². The number of aromatic nitrogens is 5. The van der Waals surface area contributed by atoms with Gasteiger partial charge in [-0.15, -0.1) is 11.3 Å². The van der Waals surface area contributed by atoms with Gasteiger partial charge in [0, 0.05) is 30.2 Å². The van der Waals surface area contributed by atoms with E-state index in [2.05, 4.69) is 20.5 Å². The number of hydrogen-bond acceptors (Lipinski definition) is 6. The lowest BCUT2D eigenvalue weighted by molar-refractivity contribution is 0.100. The molecule has 0 aliphatic carbocycles. The molecule has 4 rings (SSSR count). The number of nitrogens with two attached hydrogens (primary N) is 1. The van der Waals surface area contributed by atoms with Crippen molar-refractivity contribution in [3.05, 3.63) is 44.9 Å². The number of carbonyl (C=O) groups excluding carboxylic acids is 2. The third-order valence-electron chi connectivity index (χ3n) is 5.54. The summed E-state index contributed by atoms with van der Waals surface area (Å²) in [5, 5.41) is 11.5. The molecule has 34 heavy (non-hydrogen) atoms. The zero-order chi connectivity index (χ0) is 24.9. The molecular weight excluding hydrogens is 488 g/mol. The first-order valence-corrected chi connectivity index (χ1v) is 11.3. The number of pyridine rings is 1. The number of thiophene rings is 1. The van der Waals surface area contributed by atoms with Crippen LogP contribution in [0.25, 0.3) is 21.3 Å². The van der Waals surface area contributed by atoms with Gasteiger partial charge in [0.15, 0.2) is 5.69 Å². The molecule has 0 aromatic carbocycles. The van der Waals surface area contributed by atoms with Gasteiger partial charge >= 0.3 is 0 Å². The number of hydrogen-bond donors (Lipinski definition) is 2. The Morgan fingerprint density at radius 1 is 1.26 bits per heavy atom. The maximum atomic E-state index is 13.7. The van der Waals surface area contributed by atoms with Crippen LogP contribution in [0.2, 0.25) is 5.02 Å². The van der Waals surface area contributed by atoms with E-state index in [1.54, 1.807) is 31.8 Å². The summed E-state index contributed by atoms with van der Waals surface area (Å²) in [4.78, 5) is 29.5. The summed E-state index contributed by atoms with van der Waals surface area (Å²) in [6, 6.07) is 1.24. The average Bonchev–Trinajstić information content (AvgIpc) is 3.42. The van der Waals surface area contributed by atoms with Crippen LogP contribution in [0.4, 0.5) is 14.5 Å². The van der Waals surface area contributed by atoms with Gasteiger partial charge in [-0.1, -0.05) is 11.6 Å². The summed E-state index contributed by atoms with van der Waals surface area (Å²) in [6.07, 6.45) is -1.30. The number of alkyl halides is 2. The van der Waals surface area contributed by atoms with Crippen molar-refractivity contribution < 1.29 is 18.4 Å². The van der Waals surface area contributed by atoms with Crippen molar-refractivity contribution in [3.63, 3.8) is 0 Å². The molecule has 0 unspecified atom stereocenters. The molecule has 4 aromatic heterocycles. The number of primary amides is 1. The lowest BCUT2D eigenvalue weighted by Gasteiger charge is -2.10. The van der Waals surface area contributed by atoms with Crippen LogP contribution < -0.4 is 11.1 Å². The lowest BCUT2D eigenvalue weighted by Crippen LogP contribution is -2.17. The van der Waals surface area contributed by atoms with E-state index in [4.69, 9.17) is 17.3 Å². The molecule has 0 radical (unpaired) electrons. The summed E-state index contributed by atoms with van der Waals surface area (Å²) in [6.45, 7) is 5.97. The Hall–Kier alpha value is -3.38. The molecule has 0 aliphatic rings. The molecule has 2 amide bonds. The molecule has 0 saturated heterocycles. The van der Waals surface area contributed by atoms with Crippen molar-refractivity contribution in [2.45, 2.75) is 33.7 Å². The number of rotatable bonds is 6. The van der Waals surface area contributed by atoms with Crippen LogP contribution in [-0.2, 0) is 13.6 Å². The molecule has 0 fully saturated rings. The fraction of sp³-hybridized carbons (Fsp3) is 0.286. The van der Waals surface area contributed by atoms with Crippen LogP contribution in [0.3, 0.4) is 0 Å². The highest BCUT2D eigenvalue weighted by molar-refractivity contribution is 7.21. The van der Waals surface area contributed by atoms with Crippen molar-refractivity contribution in [1.29, 1.82) is 0 Å². The summed E-state index contributed by atoms with van der Waals surface area (Å²) < 4.78 is 30.5. The number of nitrogens with zero attached hydrogens (tertiary/aromatic N) is 5. The fourth-order valence-electron chi connectivity index (χ4n) is 3.66. The molecule has 0 atom stereocenters. The maximum absolute atomic E-state index is 13.7. The van der Waals surface area contributed by atoms with E-state index in [1.807, 2.05) is 6.92 Å². The van der Waals surface area contributed by atoms with E-state index in [0.29, 0.717) is 28.8 Å². The summed E-state index contributed by atoms with van der Waals surface area (Å²) >= 11 is 7.07. The zero-order valence-electron chi connectivity index (χ0n) is 18.6. The lowest BCUT2D eigenvalue weighted by atomic mass is 10.0. The molecule has 3 N–H and O–H groups in total. The molecule has 178 valence electrons. The van der Waals surface area contributed by atoms with Gasteiger partial charge in [0.25, 0.3) is 18.2 Å². The standard InChI is InChI=1S/C21H20ClF2N7O2S/c1-5-31-8(2)11(7-26-31)10-6-12(18(23)24)27-21-13(10)15(17(34-21)19(25)32)28-20(33)16-14(22)9(3)30(4)29-16/h6-7,18H,5H2,1-4H3,(H2,25,32)(H,28,33). The SMILES string of the molecule is CCn1ncc(-c2cc(C(F)F)nc3sc(C(N)=O)c(NC(=O)c4nn(C)c(C)c4Cl)c23)c1C. The van der Waals surface area contributed by atoms with Gasteiger partial charge < -0.3 is 11.1 Å². The summed E-state index contributed by atoms with van der Waals surface area (Å²) in [5.41, 5.74) is 7.32. The maximum Gasteiger partial charge on any atom is 0.280 e. The van der Waals surface area contributed by atoms with Gasteiger partial charge in [0.2, 0.25) is 0 Å². The molecule has 4 aromatic rings. The van der Waals surface area contributed by atoms with Crippen LogP contribution >= 0.6 is 22.9 Å². The first kappa shape index (κ1) is 23.8. The number of fused-ring (bicyclic) bond motifs is 1. The molecule has 0 aliphatic heterocycles. The van der Waals surface area contributed by atoms with Crippen LogP contribution in [0.15, 0.2) is 12.3 Å². The van der Waals surface area contributed by atoms with E-state index in [0.717, 1.165) is 17.0 Å². The zero-order valence-corrected chi connectivity index (χ0v) is 20.2. The molecule has 9 nitrogen and oxygen atoms in total. The van der Waals surface area contributed by atoms with Crippen molar-refractivity contribution in [1.82, 2.24) is 24.5 Å². The minimum atomic E-state index is -2.85. The van der Waals surface area contributed by atoms with E-state index in [-0.39, 0.29) is 26.1 Å². The number of carbonyl (C=O) groups is 2. The Morgan fingerprint density at radius 2 is 1.97 bits per heavy atom. The third-order valence-corrected chi connectivity index (χ3v) is 7.09. The third kappa shape index (κ3) is 3.82. The van der Waals surface area contributed by atoms with Crippen LogP contribution in [0.5, 0.6) is 0 Å². The van der Waals surface area contributed by atoms with Gasteiger partial charge in [0.1, 0.15) is 15.4 Å². The van der Waals surface area contributed by atoms with E-state index >= 15 is 0 Å². The second kappa shape index (κ2) is 8.76. The van der Waals surface area contributed by atoms with E-state index < -0.39 is 23.9 Å². The van der Waals surface area contributed by atoms with Crippen LogP contribution in [-0.4, -0.2) is 36.4 Å². The average molecular weight is 508 g/mol. The monoisotopic (exact) mass is 507 g/mol. The predicted octanol–water partition coefficient (Wildman–Crippen LogP) is 4.47. The molecule has 0 bridgehead atoms. The number of amides is 2. The van der Waals surface area contributed by atoms with E-state index in [9.17, 15) is 18.4 Å². The summed E-state index contributed by atoms with van der Waals surface area (Å²) in [7, 11) is 1.63. The van der Waals surface area contributed by atoms with Crippen LogP contribution in [0, 0.1) is 13.8 Å². The second-order valence-electron chi connectivity index (χ2n) is 7.53. The van der Waals surface area contributed by atoms with Gasteiger partial charge in [-0.2, -0.15) is 10.2 Å². The highest BCUT2D eigenvalue weighted by Gasteiger charge is 2.28. The van der Waals surface area contributed by atoms with Gasteiger partial charge in [0.05, 0.1) is 22.6 Å². The highest BCUT2D eigenvalue weighted by Crippen LogP contribution is 2.43. The first-order chi connectivity index (χ1) is 16.0. The minimum absolute atomic E-state index is 0.0344. The van der Waals surface area contributed by atoms with Crippen molar-refractivity contribution in [2.24, 2.45) is 12.8 Å². The van der Waals surface area contributed by atoms with Gasteiger partial charge in [-0.05, 0) is 32.4 Å². The Morgan fingerprint density at radius 3 is 2.50 bits per heavy atom.